The zero-order valence-corrected chi connectivity index (χ0v) is 16.0. The fraction of sp³-hybridized carbons (Fsp3) is 0.684. The Labute approximate surface area is 154 Å². The number of phenols is 1. The maximum absolute atomic E-state index is 11.2. The van der Waals surface area contributed by atoms with Gasteiger partial charge < -0.3 is 9.84 Å². The van der Waals surface area contributed by atoms with Crippen LogP contribution < -0.4 is 4.74 Å². The predicted molar refractivity (Wildman–Crippen MR) is 95.7 cm³/mol. The lowest BCUT2D eigenvalue weighted by atomic mass is 9.55. The van der Waals surface area contributed by atoms with E-state index in [1.54, 1.807) is 7.11 Å². The van der Waals surface area contributed by atoms with Gasteiger partial charge in [-0.25, -0.2) is 4.18 Å². The number of methoxy groups -OCH3 is 1. The first-order chi connectivity index (χ1) is 12.2. The average molecular weight is 382 g/mol. The Morgan fingerprint density at radius 3 is 2.65 bits per heavy atom. The summed E-state index contributed by atoms with van der Waals surface area (Å²) in [5.41, 5.74) is 2.23. The van der Waals surface area contributed by atoms with Crippen LogP contribution in [0.15, 0.2) is 12.1 Å². The van der Waals surface area contributed by atoms with Crippen LogP contribution in [0.2, 0.25) is 0 Å². The van der Waals surface area contributed by atoms with Crippen LogP contribution in [-0.4, -0.2) is 31.3 Å². The fourth-order valence-corrected chi connectivity index (χ4v) is 6.62. The average Bonchev–Trinajstić information content (AvgIpc) is 2.89. The van der Waals surface area contributed by atoms with Crippen LogP contribution in [0, 0.1) is 17.3 Å². The van der Waals surface area contributed by atoms with Gasteiger partial charge in [0.2, 0.25) is 0 Å². The van der Waals surface area contributed by atoms with Gasteiger partial charge in [0.1, 0.15) is 0 Å². The molecule has 26 heavy (non-hydrogen) atoms. The molecule has 7 heteroatoms. The van der Waals surface area contributed by atoms with Gasteiger partial charge >= 0.3 is 10.4 Å². The number of benzene rings is 1. The van der Waals surface area contributed by atoms with E-state index in [-0.39, 0.29) is 11.2 Å². The molecule has 2 N–H and O–H groups in total. The quantitative estimate of drug-likeness (QED) is 0.778. The second kappa shape index (κ2) is 6.11. The second-order valence-electron chi connectivity index (χ2n) is 8.27. The molecule has 3 aliphatic rings. The van der Waals surface area contributed by atoms with Crippen molar-refractivity contribution < 1.29 is 27.0 Å². The molecule has 5 atom stereocenters. The second-order valence-corrected chi connectivity index (χ2v) is 9.32. The lowest BCUT2D eigenvalue weighted by Crippen LogP contribution is -2.45. The van der Waals surface area contributed by atoms with Gasteiger partial charge in [-0.2, -0.15) is 8.42 Å². The zero-order valence-electron chi connectivity index (χ0n) is 15.1. The fourth-order valence-electron chi connectivity index (χ4n) is 6.01. The molecule has 1 aromatic rings. The number of hydrogen-bond acceptors (Lipinski definition) is 5. The Balaban J connectivity index is 1.65. The summed E-state index contributed by atoms with van der Waals surface area (Å²) >= 11 is 0. The van der Waals surface area contributed by atoms with Crippen molar-refractivity contribution in [1.82, 2.24) is 0 Å². The normalized spacial score (nSPS) is 36.1. The Hall–Kier alpha value is -1.31. The van der Waals surface area contributed by atoms with Gasteiger partial charge in [-0.3, -0.25) is 4.55 Å². The maximum atomic E-state index is 11.2. The Kier molecular flexibility index (Phi) is 4.24. The summed E-state index contributed by atoms with van der Waals surface area (Å²) in [5, 5.41) is 10.1. The van der Waals surface area contributed by atoms with Crippen LogP contribution in [0.3, 0.4) is 0 Å². The number of hydrogen-bond donors (Lipinski definition) is 2. The van der Waals surface area contributed by atoms with Crippen LogP contribution in [0.4, 0.5) is 0 Å². The van der Waals surface area contributed by atoms with Crippen molar-refractivity contribution in [3.05, 3.63) is 23.3 Å². The highest BCUT2D eigenvalue weighted by Crippen LogP contribution is 2.62. The molecule has 0 saturated heterocycles. The monoisotopic (exact) mass is 382 g/mol. The first-order valence-electron chi connectivity index (χ1n) is 9.28. The lowest BCUT2D eigenvalue weighted by Gasteiger charge is -2.50. The zero-order chi connectivity index (χ0) is 18.7. The summed E-state index contributed by atoms with van der Waals surface area (Å²) in [6, 6.07) is 3.81. The Morgan fingerprint density at radius 1 is 1.19 bits per heavy atom. The molecule has 0 heterocycles. The van der Waals surface area contributed by atoms with Crippen LogP contribution in [0.25, 0.3) is 0 Å². The van der Waals surface area contributed by atoms with Crippen molar-refractivity contribution in [2.75, 3.05) is 7.11 Å². The first kappa shape index (κ1) is 18.1. The van der Waals surface area contributed by atoms with Gasteiger partial charge in [-0.15, -0.1) is 0 Å². The van der Waals surface area contributed by atoms with Crippen LogP contribution >= 0.6 is 0 Å². The molecule has 0 spiro atoms. The van der Waals surface area contributed by atoms with Gasteiger partial charge in [0.05, 0.1) is 13.2 Å². The van der Waals surface area contributed by atoms with Crippen LogP contribution in [0.5, 0.6) is 11.5 Å². The van der Waals surface area contributed by atoms with E-state index < -0.39 is 16.5 Å². The SMILES string of the molecule is COc1cc2c(cc1O)CC[C@@H]1[C@@H]2CC[C@]2(C)[C@@H](OS(=O)(=O)O)CC[C@@H]12. The minimum Gasteiger partial charge on any atom is -0.504 e. The summed E-state index contributed by atoms with van der Waals surface area (Å²) < 4.78 is 42.0. The van der Waals surface area contributed by atoms with Crippen molar-refractivity contribution in [1.29, 1.82) is 0 Å². The Bertz CT molecular complexity index is 820. The smallest absolute Gasteiger partial charge is 0.397 e. The molecule has 3 aliphatic carbocycles. The molecular weight excluding hydrogens is 356 g/mol. The molecule has 0 aromatic heterocycles. The van der Waals surface area contributed by atoms with Crippen molar-refractivity contribution in [3.8, 4) is 11.5 Å². The standard InChI is InChI=1S/C19H26O6S/c1-19-8-7-12-13(15(19)5-6-18(19)25-26(21,22)23)4-3-11-9-16(20)17(24-2)10-14(11)12/h9-10,12-13,15,18,20H,3-8H2,1-2H3,(H,21,22,23)/t12-,13+,15-,18-,19-/m0/s1. The minimum atomic E-state index is -4.43. The van der Waals surface area contributed by atoms with Gasteiger partial charge in [0.25, 0.3) is 0 Å². The molecule has 0 unspecified atom stereocenters. The van der Waals surface area contributed by atoms with Gasteiger partial charge in [0.15, 0.2) is 11.5 Å². The molecule has 2 saturated carbocycles. The first-order valence-corrected chi connectivity index (χ1v) is 10.6. The lowest BCUT2D eigenvalue weighted by molar-refractivity contribution is -0.0122. The van der Waals surface area contributed by atoms with Crippen molar-refractivity contribution >= 4 is 10.4 Å². The molecule has 1 aromatic carbocycles. The predicted octanol–water partition coefficient (Wildman–Crippen LogP) is 3.44. The highest BCUT2D eigenvalue weighted by Gasteiger charge is 2.56. The topological polar surface area (TPSA) is 93.1 Å². The molecule has 0 aliphatic heterocycles. The van der Waals surface area contributed by atoms with Gasteiger partial charge in [-0.1, -0.05) is 6.92 Å². The molecular formula is C19H26O6S. The molecule has 4 rings (SSSR count). The molecule has 6 nitrogen and oxygen atoms in total. The van der Waals surface area contributed by atoms with E-state index in [1.807, 2.05) is 12.1 Å². The summed E-state index contributed by atoms with van der Waals surface area (Å²) in [6.07, 6.45) is 4.88. The number of ether oxygens (including phenoxy) is 1. The van der Waals surface area contributed by atoms with E-state index in [1.165, 1.54) is 11.1 Å². The van der Waals surface area contributed by atoms with E-state index in [0.29, 0.717) is 29.9 Å². The highest BCUT2D eigenvalue weighted by molar-refractivity contribution is 7.80. The van der Waals surface area contributed by atoms with Crippen molar-refractivity contribution in [2.45, 2.75) is 57.5 Å². The number of fused-ring (bicyclic) bond motifs is 5. The maximum Gasteiger partial charge on any atom is 0.397 e. The Morgan fingerprint density at radius 2 is 1.96 bits per heavy atom. The van der Waals surface area contributed by atoms with E-state index in [0.717, 1.165) is 32.1 Å². The third kappa shape index (κ3) is 2.80. The summed E-state index contributed by atoms with van der Waals surface area (Å²) in [5.74, 6) is 1.94. The van der Waals surface area contributed by atoms with E-state index in [4.69, 9.17) is 13.5 Å². The van der Waals surface area contributed by atoms with E-state index in [9.17, 15) is 13.5 Å². The third-order valence-electron chi connectivity index (χ3n) is 7.18. The van der Waals surface area contributed by atoms with E-state index >= 15 is 0 Å². The van der Waals surface area contributed by atoms with Crippen molar-refractivity contribution in [3.63, 3.8) is 0 Å². The third-order valence-corrected chi connectivity index (χ3v) is 7.65. The number of rotatable bonds is 3. The van der Waals surface area contributed by atoms with Crippen LogP contribution in [-0.2, 0) is 21.0 Å². The summed E-state index contributed by atoms with van der Waals surface area (Å²) in [6.45, 7) is 2.11. The molecule has 0 amide bonds. The molecule has 144 valence electrons. The summed E-state index contributed by atoms with van der Waals surface area (Å²) in [7, 11) is -2.87. The largest absolute Gasteiger partial charge is 0.504 e. The molecule has 0 radical (unpaired) electrons. The number of aryl methyl sites for hydroxylation is 1. The van der Waals surface area contributed by atoms with Gasteiger partial charge in [0, 0.05) is 0 Å². The molecule has 2 fully saturated rings. The summed E-state index contributed by atoms with van der Waals surface area (Å²) in [4.78, 5) is 0. The van der Waals surface area contributed by atoms with E-state index in [2.05, 4.69) is 6.92 Å². The van der Waals surface area contributed by atoms with Crippen LogP contribution in [0.1, 0.15) is 56.1 Å². The van der Waals surface area contributed by atoms with Gasteiger partial charge in [-0.05, 0) is 85.0 Å². The number of phenolic OH excluding ortho intramolecular Hbond substituents is 1. The highest BCUT2D eigenvalue weighted by atomic mass is 32.3. The molecule has 0 bridgehead atoms. The minimum absolute atomic E-state index is 0.188. The number of aromatic hydroxyl groups is 1. The van der Waals surface area contributed by atoms with Crippen molar-refractivity contribution in [2.24, 2.45) is 17.3 Å².